The molecule has 1 aromatic rings. The van der Waals surface area contributed by atoms with Crippen LogP contribution >= 0.6 is 11.3 Å². The average Bonchev–Trinajstić information content (AvgIpc) is 3.10. The molecule has 0 aromatic carbocycles. The van der Waals surface area contributed by atoms with Gasteiger partial charge in [0.1, 0.15) is 11.0 Å². The maximum atomic E-state index is 12.5. The summed E-state index contributed by atoms with van der Waals surface area (Å²) in [7, 11) is 0. The number of rotatable bonds is 5. The lowest BCUT2D eigenvalue weighted by atomic mass is 9.85. The van der Waals surface area contributed by atoms with Crippen molar-refractivity contribution in [1.29, 1.82) is 0 Å². The Hall–Kier alpha value is -2.09. The number of likely N-dealkylation sites (tertiary alicyclic amines) is 1. The highest BCUT2D eigenvalue weighted by Crippen LogP contribution is 2.36. The third kappa shape index (κ3) is 3.49. The van der Waals surface area contributed by atoms with Crippen molar-refractivity contribution >= 4 is 34.2 Å². The van der Waals surface area contributed by atoms with E-state index in [0.717, 1.165) is 16.3 Å². The first-order valence-corrected chi connectivity index (χ1v) is 9.35. The van der Waals surface area contributed by atoms with Crippen LogP contribution in [0.25, 0.3) is 0 Å². The summed E-state index contributed by atoms with van der Waals surface area (Å²) in [5.41, 5.74) is 0. The van der Waals surface area contributed by atoms with Crippen molar-refractivity contribution in [3.8, 4) is 0 Å². The molecule has 1 N–H and O–H groups in total. The zero-order valence-electron chi connectivity index (χ0n) is 14.6. The van der Waals surface area contributed by atoms with Crippen LogP contribution < -0.4 is 5.32 Å². The minimum absolute atomic E-state index is 0.250. The normalized spacial score (nSPS) is 23.9. The van der Waals surface area contributed by atoms with Crippen molar-refractivity contribution in [2.45, 2.75) is 46.1 Å². The molecule has 1 aliphatic heterocycles. The van der Waals surface area contributed by atoms with Gasteiger partial charge in [-0.15, -0.1) is 10.2 Å². The largest absolute Gasteiger partial charge is 0.299 e. The van der Waals surface area contributed by atoms with E-state index in [2.05, 4.69) is 29.4 Å². The molecule has 0 unspecified atom stereocenters. The number of hydrogen-bond acceptors (Lipinski definition) is 6. The van der Waals surface area contributed by atoms with Crippen LogP contribution in [0.2, 0.25) is 0 Å². The second-order valence-electron chi connectivity index (χ2n) is 6.97. The van der Waals surface area contributed by atoms with E-state index >= 15 is 0 Å². The third-order valence-corrected chi connectivity index (χ3v) is 5.45. The lowest BCUT2D eigenvalue weighted by molar-refractivity contribution is -0.146. The third-order valence-electron chi connectivity index (χ3n) is 4.59. The SMILES string of the molecule is CC(C)Cc1nnc(NC(=O)[C@@H](C)N2C(=O)[C@H]3CC=CC[C@H]3C2=O)s1. The van der Waals surface area contributed by atoms with Crippen LogP contribution in [-0.2, 0) is 20.8 Å². The zero-order chi connectivity index (χ0) is 18.1. The van der Waals surface area contributed by atoms with Crippen molar-refractivity contribution in [2.75, 3.05) is 5.32 Å². The second kappa shape index (κ2) is 7.03. The first kappa shape index (κ1) is 17.7. The van der Waals surface area contributed by atoms with E-state index in [1.54, 1.807) is 6.92 Å². The van der Waals surface area contributed by atoms with Crippen LogP contribution in [-0.4, -0.2) is 38.9 Å². The number of fused-ring (bicyclic) bond motifs is 1. The fraction of sp³-hybridized carbons (Fsp3) is 0.588. The van der Waals surface area contributed by atoms with Crippen molar-refractivity contribution in [3.63, 3.8) is 0 Å². The number of nitrogens with zero attached hydrogens (tertiary/aromatic N) is 3. The Morgan fingerprint density at radius 3 is 2.36 bits per heavy atom. The standard InChI is InChI=1S/C17H22N4O3S/c1-9(2)8-13-19-20-17(25-13)18-14(22)10(3)21-15(23)11-6-4-5-7-12(11)16(21)24/h4-5,9-12H,6-8H2,1-3H3,(H,18,20,22)/t10-,11-,12+/m1/s1. The molecule has 1 fully saturated rings. The molecule has 2 aliphatic rings. The highest BCUT2D eigenvalue weighted by Gasteiger charge is 2.50. The number of aromatic nitrogens is 2. The number of allylic oxidation sites excluding steroid dienone is 2. The summed E-state index contributed by atoms with van der Waals surface area (Å²) in [4.78, 5) is 38.7. The molecule has 0 bridgehead atoms. The molecule has 134 valence electrons. The summed E-state index contributed by atoms with van der Waals surface area (Å²) < 4.78 is 0. The van der Waals surface area contributed by atoms with Crippen LogP contribution in [0.3, 0.4) is 0 Å². The second-order valence-corrected chi connectivity index (χ2v) is 8.03. The van der Waals surface area contributed by atoms with E-state index in [9.17, 15) is 14.4 Å². The lowest BCUT2D eigenvalue weighted by Gasteiger charge is -2.21. The number of nitrogens with one attached hydrogen (secondary N) is 1. The Bertz CT molecular complexity index is 701. The van der Waals surface area contributed by atoms with Gasteiger partial charge in [-0.3, -0.25) is 24.6 Å². The molecule has 0 radical (unpaired) electrons. The fourth-order valence-corrected chi connectivity index (χ4v) is 4.23. The summed E-state index contributed by atoms with van der Waals surface area (Å²) in [6, 6.07) is -0.858. The predicted molar refractivity (Wildman–Crippen MR) is 93.7 cm³/mol. The fourth-order valence-electron chi connectivity index (χ4n) is 3.27. The van der Waals surface area contributed by atoms with Crippen molar-refractivity contribution in [3.05, 3.63) is 17.2 Å². The highest BCUT2D eigenvalue weighted by molar-refractivity contribution is 7.15. The first-order chi connectivity index (χ1) is 11.9. The molecule has 25 heavy (non-hydrogen) atoms. The summed E-state index contributed by atoms with van der Waals surface area (Å²) in [5.74, 6) is -1.12. The minimum atomic E-state index is -0.858. The molecule has 2 heterocycles. The van der Waals surface area contributed by atoms with Gasteiger partial charge < -0.3 is 0 Å². The van der Waals surface area contributed by atoms with Gasteiger partial charge in [0, 0.05) is 6.42 Å². The van der Waals surface area contributed by atoms with Crippen molar-refractivity contribution in [2.24, 2.45) is 17.8 Å². The molecule has 3 rings (SSSR count). The number of amides is 3. The molecular weight excluding hydrogens is 340 g/mol. The van der Waals surface area contributed by atoms with E-state index in [0.29, 0.717) is 23.9 Å². The highest BCUT2D eigenvalue weighted by atomic mass is 32.1. The van der Waals surface area contributed by atoms with Crippen molar-refractivity contribution < 1.29 is 14.4 Å². The number of hydrogen-bond donors (Lipinski definition) is 1. The summed E-state index contributed by atoms with van der Waals surface area (Å²) in [6.07, 6.45) is 5.78. The minimum Gasteiger partial charge on any atom is -0.299 e. The van der Waals surface area contributed by atoms with Gasteiger partial charge in [-0.05, 0) is 25.7 Å². The molecular formula is C17H22N4O3S. The molecule has 1 aromatic heterocycles. The van der Waals surface area contributed by atoms with E-state index in [1.807, 2.05) is 12.2 Å². The summed E-state index contributed by atoms with van der Waals surface area (Å²) in [5, 5.41) is 11.9. The lowest BCUT2D eigenvalue weighted by Crippen LogP contribution is -2.46. The predicted octanol–water partition coefficient (Wildman–Crippen LogP) is 2.01. The average molecular weight is 362 g/mol. The smallest absolute Gasteiger partial charge is 0.249 e. The maximum Gasteiger partial charge on any atom is 0.249 e. The van der Waals surface area contributed by atoms with E-state index in [-0.39, 0.29) is 23.7 Å². The van der Waals surface area contributed by atoms with Crippen molar-refractivity contribution in [1.82, 2.24) is 15.1 Å². The number of imide groups is 1. The summed E-state index contributed by atoms with van der Waals surface area (Å²) >= 11 is 1.32. The van der Waals surface area contributed by atoms with Gasteiger partial charge >= 0.3 is 0 Å². The Morgan fingerprint density at radius 2 is 1.80 bits per heavy atom. The Morgan fingerprint density at radius 1 is 1.20 bits per heavy atom. The first-order valence-electron chi connectivity index (χ1n) is 8.53. The van der Waals surface area contributed by atoms with Crippen LogP contribution in [0.5, 0.6) is 0 Å². The Balaban J connectivity index is 1.67. The number of carbonyl (C=O) groups is 3. The molecule has 3 amide bonds. The van der Waals surface area contributed by atoms with Gasteiger partial charge in [0.2, 0.25) is 22.9 Å². The van der Waals surface area contributed by atoms with E-state index < -0.39 is 11.9 Å². The Labute approximate surface area is 150 Å². The quantitative estimate of drug-likeness (QED) is 0.639. The van der Waals surface area contributed by atoms with Gasteiger partial charge in [-0.25, -0.2) is 0 Å². The maximum absolute atomic E-state index is 12.5. The van der Waals surface area contributed by atoms with E-state index in [4.69, 9.17) is 0 Å². The van der Waals surface area contributed by atoms with Crippen LogP contribution in [0, 0.1) is 17.8 Å². The van der Waals surface area contributed by atoms with Crippen LogP contribution in [0.1, 0.15) is 38.6 Å². The Kier molecular flexibility index (Phi) is 4.99. The van der Waals surface area contributed by atoms with Crippen LogP contribution in [0.4, 0.5) is 5.13 Å². The van der Waals surface area contributed by atoms with Gasteiger partial charge in [-0.1, -0.05) is 37.3 Å². The molecule has 0 spiro atoms. The molecule has 1 saturated heterocycles. The summed E-state index contributed by atoms with van der Waals surface area (Å²) in [6.45, 7) is 5.74. The van der Waals surface area contributed by atoms with Gasteiger partial charge in [-0.2, -0.15) is 0 Å². The van der Waals surface area contributed by atoms with Gasteiger partial charge in [0.25, 0.3) is 0 Å². The molecule has 0 saturated carbocycles. The van der Waals surface area contributed by atoms with Gasteiger partial charge in [0.15, 0.2) is 0 Å². The van der Waals surface area contributed by atoms with Gasteiger partial charge in [0.05, 0.1) is 11.8 Å². The topological polar surface area (TPSA) is 92.3 Å². The van der Waals surface area contributed by atoms with E-state index in [1.165, 1.54) is 11.3 Å². The monoisotopic (exact) mass is 362 g/mol. The molecule has 8 heteroatoms. The molecule has 3 atom stereocenters. The molecule has 7 nitrogen and oxygen atoms in total. The number of carbonyl (C=O) groups excluding carboxylic acids is 3. The number of anilines is 1. The van der Waals surface area contributed by atoms with Crippen LogP contribution in [0.15, 0.2) is 12.2 Å². The zero-order valence-corrected chi connectivity index (χ0v) is 15.4. The molecule has 1 aliphatic carbocycles.